The molecule has 0 saturated carbocycles. The van der Waals surface area contributed by atoms with Crippen LogP contribution in [0.3, 0.4) is 0 Å². The molecule has 4 N–H and O–H groups in total. The number of nitrogens with zero attached hydrogens (tertiary/aromatic N) is 5. The van der Waals surface area contributed by atoms with Gasteiger partial charge >= 0.3 is 24.5 Å². The molecule has 19 heteroatoms. The number of carbonyl (C=O) groups is 1. The van der Waals surface area contributed by atoms with Gasteiger partial charge in [-0.1, -0.05) is 12.1 Å². The van der Waals surface area contributed by atoms with E-state index < -0.39 is 70.7 Å². The molecule has 0 bridgehead atoms. The molecular formula is C33H30F9N7O3. The lowest BCUT2D eigenvalue weighted by molar-refractivity contribution is -0.198. The monoisotopic (exact) mass is 743 g/mol. The third-order valence-electron chi connectivity index (χ3n) is 9.25. The number of nitrogens with two attached hydrogens (primary N) is 1. The summed E-state index contributed by atoms with van der Waals surface area (Å²) >= 11 is 0. The quantitative estimate of drug-likeness (QED) is 0.172. The van der Waals surface area contributed by atoms with Gasteiger partial charge < -0.3 is 25.8 Å². The molecule has 6 rings (SSSR count). The zero-order chi connectivity index (χ0) is 37.8. The van der Waals surface area contributed by atoms with E-state index in [9.17, 15) is 49.4 Å². The second-order valence-corrected chi connectivity index (χ2v) is 12.9. The first-order valence-corrected chi connectivity index (χ1v) is 15.8. The number of ether oxygens (including phenoxy) is 1. The average Bonchev–Trinajstić information content (AvgIpc) is 3.68. The van der Waals surface area contributed by atoms with Gasteiger partial charge in [-0.2, -0.15) is 54.6 Å². The molecule has 4 heterocycles. The molecule has 0 aliphatic carbocycles. The number of carboxylic acids is 1. The summed E-state index contributed by atoms with van der Waals surface area (Å²) in [6.07, 6.45) is -15.4. The van der Waals surface area contributed by atoms with Crippen molar-refractivity contribution in [2.75, 3.05) is 30.3 Å². The lowest BCUT2D eigenvalue weighted by Crippen LogP contribution is -2.41. The van der Waals surface area contributed by atoms with Crippen molar-refractivity contribution in [1.82, 2.24) is 25.1 Å². The van der Waals surface area contributed by atoms with Gasteiger partial charge in [-0.3, -0.25) is 4.79 Å². The summed E-state index contributed by atoms with van der Waals surface area (Å²) in [5, 5.41) is 16.5. The minimum absolute atomic E-state index is 0.0482. The molecule has 1 spiro atoms. The van der Waals surface area contributed by atoms with Crippen molar-refractivity contribution in [3.8, 4) is 22.7 Å². The topological polar surface area (TPSA) is 131 Å². The highest BCUT2D eigenvalue weighted by molar-refractivity contribution is 5.74. The molecule has 278 valence electrons. The van der Waals surface area contributed by atoms with E-state index in [1.165, 1.54) is 25.3 Å². The van der Waals surface area contributed by atoms with E-state index in [-0.39, 0.29) is 28.6 Å². The van der Waals surface area contributed by atoms with Crippen LogP contribution in [0.25, 0.3) is 16.8 Å². The lowest BCUT2D eigenvalue weighted by Gasteiger charge is -2.39. The van der Waals surface area contributed by atoms with Crippen LogP contribution >= 0.6 is 0 Å². The second kappa shape index (κ2) is 13.2. The van der Waals surface area contributed by atoms with Crippen molar-refractivity contribution >= 4 is 17.7 Å². The van der Waals surface area contributed by atoms with Crippen LogP contribution in [0.2, 0.25) is 0 Å². The number of benzene rings is 2. The van der Waals surface area contributed by atoms with E-state index in [1.807, 2.05) is 0 Å². The molecule has 2 aromatic heterocycles. The lowest BCUT2D eigenvalue weighted by atomic mass is 9.76. The van der Waals surface area contributed by atoms with E-state index in [4.69, 9.17) is 10.5 Å². The molecule has 2 atom stereocenters. The van der Waals surface area contributed by atoms with Crippen molar-refractivity contribution in [2.24, 2.45) is 5.41 Å². The molecule has 2 fully saturated rings. The molecule has 2 aromatic carbocycles. The summed E-state index contributed by atoms with van der Waals surface area (Å²) in [7, 11) is 0. The third kappa shape index (κ3) is 7.73. The number of alkyl halides is 9. The van der Waals surface area contributed by atoms with Gasteiger partial charge in [-0.25, -0.2) is 4.68 Å². The Labute approximate surface area is 289 Å². The maximum absolute atomic E-state index is 14.9. The maximum atomic E-state index is 14.9. The van der Waals surface area contributed by atoms with Gasteiger partial charge in [0.1, 0.15) is 11.9 Å². The Kier molecular flexibility index (Phi) is 9.29. The Morgan fingerprint density at radius 2 is 1.60 bits per heavy atom. The normalized spacial score (nSPS) is 18.5. The van der Waals surface area contributed by atoms with Crippen LogP contribution in [0.15, 0.2) is 54.7 Å². The molecular weight excluding hydrogens is 713 g/mol. The van der Waals surface area contributed by atoms with Crippen LogP contribution in [-0.2, 0) is 17.1 Å². The van der Waals surface area contributed by atoms with Crippen LogP contribution in [0.1, 0.15) is 47.8 Å². The number of hydrogen-bond donors (Lipinski definition) is 3. The van der Waals surface area contributed by atoms with Crippen LogP contribution in [0.4, 0.5) is 51.3 Å². The van der Waals surface area contributed by atoms with E-state index in [0.717, 1.165) is 22.9 Å². The first kappa shape index (κ1) is 36.7. The van der Waals surface area contributed by atoms with E-state index in [1.54, 1.807) is 4.90 Å². The van der Waals surface area contributed by atoms with Gasteiger partial charge in [-0.15, -0.1) is 0 Å². The maximum Gasteiger partial charge on any atom is 0.429 e. The Morgan fingerprint density at radius 1 is 0.942 bits per heavy atom. The zero-order valence-corrected chi connectivity index (χ0v) is 27.1. The summed E-state index contributed by atoms with van der Waals surface area (Å²) in [4.78, 5) is 21.2. The number of nitrogens with one attached hydrogen (secondary N) is 1. The van der Waals surface area contributed by atoms with Crippen LogP contribution in [0, 0.1) is 12.3 Å². The van der Waals surface area contributed by atoms with Crippen molar-refractivity contribution in [3.63, 3.8) is 0 Å². The number of rotatable bonds is 7. The molecule has 0 amide bonds. The zero-order valence-electron chi connectivity index (χ0n) is 27.1. The molecule has 2 saturated heterocycles. The van der Waals surface area contributed by atoms with Crippen molar-refractivity contribution < 1.29 is 54.2 Å². The highest BCUT2D eigenvalue weighted by Gasteiger charge is 2.46. The van der Waals surface area contributed by atoms with Crippen LogP contribution in [0.5, 0.6) is 5.88 Å². The number of aryl methyl sites for hydroxylation is 1. The fourth-order valence-electron chi connectivity index (χ4n) is 6.58. The van der Waals surface area contributed by atoms with Gasteiger partial charge in [0.05, 0.1) is 22.5 Å². The Morgan fingerprint density at radius 3 is 2.13 bits per heavy atom. The predicted octanol–water partition coefficient (Wildman–Crippen LogP) is 6.97. The predicted molar refractivity (Wildman–Crippen MR) is 168 cm³/mol. The van der Waals surface area contributed by atoms with Crippen molar-refractivity contribution in [3.05, 3.63) is 77.1 Å². The summed E-state index contributed by atoms with van der Waals surface area (Å²) in [5.41, 5.74) is 1.05. The molecule has 10 nitrogen and oxygen atoms in total. The summed E-state index contributed by atoms with van der Waals surface area (Å²) in [6, 6.07) is 5.69. The van der Waals surface area contributed by atoms with E-state index in [0.29, 0.717) is 56.7 Å². The van der Waals surface area contributed by atoms with Gasteiger partial charge in [0.25, 0.3) is 0 Å². The summed E-state index contributed by atoms with van der Waals surface area (Å²) in [6.45, 7) is 2.81. The van der Waals surface area contributed by atoms with Gasteiger partial charge in [0, 0.05) is 37.5 Å². The molecule has 52 heavy (non-hydrogen) atoms. The smallest absolute Gasteiger partial charge is 0.429 e. The molecule has 2 aliphatic heterocycles. The standard InChI is InChI=1S/C33H30F9N7O3/c1-17-4-7-49(47-17)24-12-18(19-10-20(31(34,35)36)13-21(11-19)32(37,38)39)2-3-22(24)27(33(40,41)42)52-26-14-25(45-29(43)46-26)48-8-5-30(6-9-48)15-23(28(50)51)44-16-30/h2-4,7,10-14,23,27,44H,5-6,8-9,15-16H2,1H3,(H,50,51)(H2,43,45,46). The van der Waals surface area contributed by atoms with Gasteiger partial charge in [0.2, 0.25) is 17.9 Å². The SMILES string of the molecule is Cc1ccn(-c2cc(-c3cc(C(F)(F)F)cc(C(F)(F)F)c3)ccc2C(Oc2cc(N3CCC4(CC3)CNC(C(=O)O)C4)nc(N)n2)C(F)(F)F)n1. The number of piperidine rings is 1. The number of hydrogen-bond acceptors (Lipinski definition) is 8. The summed E-state index contributed by atoms with van der Waals surface area (Å²) < 4.78 is 133. The van der Waals surface area contributed by atoms with Crippen LogP contribution in [-0.4, -0.2) is 62.7 Å². The fraction of sp³-hybridized carbons (Fsp3) is 0.394. The highest BCUT2D eigenvalue weighted by atomic mass is 19.4. The van der Waals surface area contributed by atoms with Crippen molar-refractivity contribution in [1.29, 1.82) is 0 Å². The Bertz CT molecular complexity index is 1940. The number of carboxylic acid groups (broad SMARTS) is 1. The number of aromatic nitrogens is 4. The summed E-state index contributed by atoms with van der Waals surface area (Å²) in [5.74, 6) is -1.73. The number of halogens is 9. The van der Waals surface area contributed by atoms with Gasteiger partial charge in [-0.05, 0) is 73.1 Å². The van der Waals surface area contributed by atoms with Gasteiger partial charge in [0.15, 0.2) is 0 Å². The number of anilines is 2. The highest BCUT2D eigenvalue weighted by Crippen LogP contribution is 2.44. The molecule has 2 unspecified atom stereocenters. The first-order chi connectivity index (χ1) is 24.2. The minimum Gasteiger partial charge on any atom is -0.480 e. The second-order valence-electron chi connectivity index (χ2n) is 12.9. The number of aliphatic carboxylic acids is 1. The molecule has 2 aliphatic rings. The average molecular weight is 744 g/mol. The van der Waals surface area contributed by atoms with E-state index in [2.05, 4.69) is 20.4 Å². The minimum atomic E-state index is -5.15. The van der Waals surface area contributed by atoms with Crippen LogP contribution < -0.4 is 20.7 Å². The number of nitrogen functional groups attached to an aromatic ring is 1. The van der Waals surface area contributed by atoms with E-state index >= 15 is 0 Å². The fourth-order valence-corrected chi connectivity index (χ4v) is 6.58. The Hall–Kier alpha value is -5.07. The third-order valence-corrected chi connectivity index (χ3v) is 9.25. The Balaban J connectivity index is 1.36. The van der Waals surface area contributed by atoms with Crippen molar-refractivity contribution in [2.45, 2.75) is 56.9 Å². The molecule has 4 aromatic rings. The molecule has 0 radical (unpaired) electrons. The first-order valence-electron chi connectivity index (χ1n) is 15.8. The largest absolute Gasteiger partial charge is 0.480 e.